The molecule has 1 aromatic rings. The Morgan fingerprint density at radius 1 is 1.50 bits per heavy atom. The Labute approximate surface area is 104 Å². The number of aromatic nitrogens is 1. The van der Waals surface area contributed by atoms with Crippen molar-refractivity contribution in [2.75, 3.05) is 6.54 Å². The van der Waals surface area contributed by atoms with Crippen LogP contribution in [0.15, 0.2) is 24.5 Å². The number of nitrogens with zero attached hydrogens (tertiary/aromatic N) is 2. The lowest BCUT2D eigenvalue weighted by Crippen LogP contribution is -2.42. The Balaban J connectivity index is 1.90. The molecule has 1 aliphatic rings. The van der Waals surface area contributed by atoms with Gasteiger partial charge in [-0.25, -0.2) is 4.79 Å². The van der Waals surface area contributed by atoms with Gasteiger partial charge in [0.25, 0.3) is 0 Å². The van der Waals surface area contributed by atoms with Gasteiger partial charge in [0, 0.05) is 31.9 Å². The normalized spacial score (nSPS) is 19.4. The topological polar surface area (TPSA) is 79.7 Å². The molecule has 0 aromatic carbocycles. The molecule has 0 saturated carbocycles. The molecule has 1 saturated heterocycles. The van der Waals surface area contributed by atoms with Crippen LogP contribution in [0, 0.1) is 0 Å². The van der Waals surface area contributed by atoms with Crippen molar-refractivity contribution in [3.05, 3.63) is 30.1 Å². The maximum absolute atomic E-state index is 11.7. The van der Waals surface area contributed by atoms with Crippen LogP contribution in [-0.4, -0.2) is 39.7 Å². The van der Waals surface area contributed by atoms with E-state index in [1.165, 1.54) is 0 Å². The number of aliphatic carboxylic acids is 1. The van der Waals surface area contributed by atoms with Crippen molar-refractivity contribution in [2.45, 2.75) is 25.5 Å². The quantitative estimate of drug-likeness (QED) is 0.870. The molecule has 96 valence electrons. The summed E-state index contributed by atoms with van der Waals surface area (Å²) in [5.74, 6) is -0.949. The number of rotatable bonds is 4. The van der Waals surface area contributed by atoms with E-state index in [-0.39, 0.29) is 6.42 Å². The number of pyridine rings is 1. The van der Waals surface area contributed by atoms with Crippen LogP contribution in [-0.2, 0) is 16.1 Å². The fourth-order valence-electron chi connectivity index (χ4n) is 1.86. The van der Waals surface area contributed by atoms with Crippen molar-refractivity contribution >= 4 is 12.1 Å². The summed E-state index contributed by atoms with van der Waals surface area (Å²) in [5, 5.41) is 8.64. The van der Waals surface area contributed by atoms with Crippen molar-refractivity contribution in [1.29, 1.82) is 0 Å². The number of ether oxygens (including phenoxy) is 1. The Hall–Kier alpha value is -2.11. The van der Waals surface area contributed by atoms with E-state index >= 15 is 0 Å². The Bertz CT molecular complexity index is 435. The van der Waals surface area contributed by atoms with Gasteiger partial charge in [-0.3, -0.25) is 9.78 Å². The van der Waals surface area contributed by atoms with Crippen molar-refractivity contribution in [1.82, 2.24) is 9.88 Å². The van der Waals surface area contributed by atoms with Crippen LogP contribution in [0.2, 0.25) is 0 Å². The summed E-state index contributed by atoms with van der Waals surface area (Å²) in [5.41, 5.74) is 0.971. The van der Waals surface area contributed by atoms with Crippen LogP contribution >= 0.6 is 0 Å². The van der Waals surface area contributed by atoms with Gasteiger partial charge in [0.2, 0.25) is 0 Å². The lowest BCUT2D eigenvalue weighted by Gasteiger charge is -2.31. The highest BCUT2D eigenvalue weighted by molar-refractivity contribution is 5.71. The molecule has 1 fully saturated rings. The highest BCUT2D eigenvalue weighted by Crippen LogP contribution is 2.17. The first-order chi connectivity index (χ1) is 8.65. The minimum absolute atomic E-state index is 0.130. The van der Waals surface area contributed by atoms with Crippen LogP contribution in [0.1, 0.15) is 18.4 Å². The largest absolute Gasteiger partial charge is 0.481 e. The zero-order chi connectivity index (χ0) is 13.0. The highest BCUT2D eigenvalue weighted by atomic mass is 16.6. The number of carboxylic acids is 1. The van der Waals surface area contributed by atoms with Crippen molar-refractivity contribution in [3.63, 3.8) is 0 Å². The Morgan fingerprint density at radius 3 is 2.83 bits per heavy atom. The third-order valence-corrected chi connectivity index (χ3v) is 2.77. The minimum Gasteiger partial charge on any atom is -0.481 e. The second-order valence-corrected chi connectivity index (χ2v) is 4.17. The molecule has 0 aliphatic carbocycles. The molecule has 0 radical (unpaired) electrons. The third-order valence-electron chi connectivity index (χ3n) is 2.77. The van der Waals surface area contributed by atoms with E-state index in [9.17, 15) is 9.59 Å². The maximum atomic E-state index is 11.7. The number of carboxylic acid groups (broad SMARTS) is 1. The summed E-state index contributed by atoms with van der Waals surface area (Å²) in [6.45, 7) is 0.972. The fraction of sp³-hybridized carbons (Fsp3) is 0.417. The molecule has 2 rings (SSSR count). The van der Waals surface area contributed by atoms with Gasteiger partial charge in [-0.2, -0.15) is 0 Å². The van der Waals surface area contributed by atoms with Gasteiger partial charge in [0.05, 0.1) is 6.42 Å². The van der Waals surface area contributed by atoms with E-state index < -0.39 is 18.2 Å². The summed E-state index contributed by atoms with van der Waals surface area (Å²) >= 11 is 0. The van der Waals surface area contributed by atoms with Crippen molar-refractivity contribution in [3.8, 4) is 0 Å². The van der Waals surface area contributed by atoms with E-state index in [4.69, 9.17) is 9.84 Å². The standard InChI is InChI=1S/C12H14N2O4/c15-11(16)7-10-3-6-14(12(17)18-10)8-9-1-4-13-5-2-9/h1-2,4-5,10H,3,6-8H2,(H,15,16). The maximum Gasteiger partial charge on any atom is 0.410 e. The molecule has 6 heteroatoms. The smallest absolute Gasteiger partial charge is 0.410 e. The van der Waals surface area contributed by atoms with Gasteiger partial charge in [0.15, 0.2) is 0 Å². The first kappa shape index (κ1) is 12.3. The molecule has 0 bridgehead atoms. The first-order valence-corrected chi connectivity index (χ1v) is 5.71. The zero-order valence-corrected chi connectivity index (χ0v) is 9.78. The second kappa shape index (κ2) is 5.48. The molecular weight excluding hydrogens is 236 g/mol. The first-order valence-electron chi connectivity index (χ1n) is 5.71. The predicted octanol–water partition coefficient (Wildman–Crippen LogP) is 1.27. The van der Waals surface area contributed by atoms with Gasteiger partial charge < -0.3 is 14.7 Å². The fourth-order valence-corrected chi connectivity index (χ4v) is 1.86. The van der Waals surface area contributed by atoms with Gasteiger partial charge in [-0.15, -0.1) is 0 Å². The Kier molecular flexibility index (Phi) is 3.76. The van der Waals surface area contributed by atoms with Gasteiger partial charge in [-0.05, 0) is 17.7 Å². The summed E-state index contributed by atoms with van der Waals surface area (Å²) in [4.78, 5) is 27.7. The van der Waals surface area contributed by atoms with E-state index in [0.29, 0.717) is 19.5 Å². The molecule has 6 nitrogen and oxygen atoms in total. The van der Waals surface area contributed by atoms with Crippen LogP contribution in [0.3, 0.4) is 0 Å². The van der Waals surface area contributed by atoms with Crippen LogP contribution in [0.5, 0.6) is 0 Å². The number of hydrogen-bond acceptors (Lipinski definition) is 4. The molecule has 1 atom stereocenters. The molecule has 1 amide bonds. The molecule has 1 unspecified atom stereocenters. The SMILES string of the molecule is O=C(O)CC1CCN(Cc2ccncc2)C(=O)O1. The van der Waals surface area contributed by atoms with Crippen LogP contribution in [0.4, 0.5) is 4.79 Å². The summed E-state index contributed by atoms with van der Waals surface area (Å²) in [6.07, 6.45) is 2.78. The number of cyclic esters (lactones) is 1. The summed E-state index contributed by atoms with van der Waals surface area (Å²) in [7, 11) is 0. The average Bonchev–Trinajstić information content (AvgIpc) is 2.33. The van der Waals surface area contributed by atoms with Gasteiger partial charge >= 0.3 is 12.1 Å². The lowest BCUT2D eigenvalue weighted by atomic mass is 10.1. The van der Waals surface area contributed by atoms with E-state index in [2.05, 4.69) is 4.98 Å². The van der Waals surface area contributed by atoms with Gasteiger partial charge in [-0.1, -0.05) is 0 Å². The summed E-state index contributed by atoms with van der Waals surface area (Å²) < 4.78 is 5.07. The van der Waals surface area contributed by atoms with E-state index in [1.54, 1.807) is 17.3 Å². The van der Waals surface area contributed by atoms with Crippen LogP contribution < -0.4 is 0 Å². The zero-order valence-electron chi connectivity index (χ0n) is 9.78. The molecule has 2 heterocycles. The monoisotopic (exact) mass is 250 g/mol. The highest BCUT2D eigenvalue weighted by Gasteiger charge is 2.28. The molecule has 1 aliphatic heterocycles. The van der Waals surface area contributed by atoms with Crippen molar-refractivity contribution in [2.24, 2.45) is 0 Å². The number of hydrogen-bond donors (Lipinski definition) is 1. The van der Waals surface area contributed by atoms with Crippen molar-refractivity contribution < 1.29 is 19.4 Å². The number of carbonyl (C=O) groups is 2. The van der Waals surface area contributed by atoms with Crippen LogP contribution in [0.25, 0.3) is 0 Å². The molecule has 0 spiro atoms. The number of amides is 1. The second-order valence-electron chi connectivity index (χ2n) is 4.17. The number of carbonyl (C=O) groups excluding carboxylic acids is 1. The molecular formula is C12H14N2O4. The lowest BCUT2D eigenvalue weighted by molar-refractivity contribution is -0.139. The minimum atomic E-state index is -0.949. The Morgan fingerprint density at radius 2 is 2.22 bits per heavy atom. The third kappa shape index (κ3) is 3.19. The summed E-state index contributed by atoms with van der Waals surface area (Å²) in [6, 6.07) is 3.66. The van der Waals surface area contributed by atoms with E-state index in [1.807, 2.05) is 12.1 Å². The molecule has 1 aromatic heterocycles. The van der Waals surface area contributed by atoms with E-state index in [0.717, 1.165) is 5.56 Å². The molecule has 18 heavy (non-hydrogen) atoms. The van der Waals surface area contributed by atoms with Gasteiger partial charge in [0.1, 0.15) is 6.10 Å². The molecule has 1 N–H and O–H groups in total. The predicted molar refractivity (Wildman–Crippen MR) is 61.8 cm³/mol. The average molecular weight is 250 g/mol.